The molecule has 0 atom stereocenters. The Morgan fingerprint density at radius 1 is 1.22 bits per heavy atom. The molecule has 0 unspecified atom stereocenters. The Morgan fingerprint density at radius 3 is 2.70 bits per heavy atom. The fraction of sp³-hybridized carbons (Fsp3) is 0.190. The molecule has 1 saturated heterocycles. The van der Waals surface area contributed by atoms with Gasteiger partial charge in [0.25, 0.3) is 0 Å². The summed E-state index contributed by atoms with van der Waals surface area (Å²) in [5.41, 5.74) is 4.84. The Labute approximate surface area is 157 Å². The summed E-state index contributed by atoms with van der Waals surface area (Å²) in [6, 6.07) is 9.83. The Balaban J connectivity index is 1.44. The van der Waals surface area contributed by atoms with Crippen molar-refractivity contribution < 1.29 is 9.53 Å². The molecule has 0 saturated carbocycles. The third kappa shape index (κ3) is 3.96. The first-order chi connectivity index (χ1) is 13.2. The zero-order valence-corrected chi connectivity index (χ0v) is 15.0. The number of hydrogen-bond acceptors (Lipinski definition) is 4. The molecular weight excluding hydrogens is 340 g/mol. The Hall–Kier alpha value is -3.25. The van der Waals surface area contributed by atoms with Crippen LogP contribution in [0.4, 0.5) is 5.69 Å². The molecule has 1 aromatic carbocycles. The highest BCUT2D eigenvalue weighted by Crippen LogP contribution is 2.25. The molecule has 2 aromatic heterocycles. The van der Waals surface area contributed by atoms with Crippen molar-refractivity contribution in [1.29, 1.82) is 0 Å². The van der Waals surface area contributed by atoms with Crippen LogP contribution in [0, 0.1) is 0 Å². The first kappa shape index (κ1) is 17.2. The lowest BCUT2D eigenvalue weighted by atomic mass is 9.97. The van der Waals surface area contributed by atoms with Gasteiger partial charge in [0.2, 0.25) is 5.91 Å². The molecule has 0 spiro atoms. The number of nitrogens with zero attached hydrogens (tertiary/aromatic N) is 3. The van der Waals surface area contributed by atoms with Crippen LogP contribution >= 0.6 is 0 Å². The van der Waals surface area contributed by atoms with E-state index in [4.69, 9.17) is 4.74 Å². The van der Waals surface area contributed by atoms with Crippen molar-refractivity contribution in [1.82, 2.24) is 14.8 Å². The van der Waals surface area contributed by atoms with Crippen molar-refractivity contribution in [2.75, 3.05) is 18.5 Å². The van der Waals surface area contributed by atoms with Crippen LogP contribution in [0.3, 0.4) is 0 Å². The maximum Gasteiger partial charge on any atom is 0.248 e. The zero-order valence-electron chi connectivity index (χ0n) is 15.0. The molecule has 1 aliphatic heterocycles. The molecule has 0 radical (unpaired) electrons. The molecule has 3 heterocycles. The SMILES string of the molecule is Cn1cc(-c2ccncc2C=CC(=O)Nc2ccc(C3COC3)cc2)cn1. The lowest BCUT2D eigenvalue weighted by Gasteiger charge is -2.26. The van der Waals surface area contributed by atoms with Crippen LogP contribution in [0.5, 0.6) is 0 Å². The Morgan fingerprint density at radius 2 is 2.04 bits per heavy atom. The van der Waals surface area contributed by atoms with E-state index in [0.717, 1.165) is 35.6 Å². The van der Waals surface area contributed by atoms with Crippen LogP contribution in [-0.2, 0) is 16.6 Å². The van der Waals surface area contributed by atoms with Crippen molar-refractivity contribution in [2.24, 2.45) is 7.05 Å². The van der Waals surface area contributed by atoms with Gasteiger partial charge in [-0.2, -0.15) is 5.10 Å². The molecule has 6 nitrogen and oxygen atoms in total. The van der Waals surface area contributed by atoms with Crippen LogP contribution in [0.15, 0.2) is 61.2 Å². The molecule has 0 bridgehead atoms. The molecule has 6 heteroatoms. The fourth-order valence-electron chi connectivity index (χ4n) is 2.98. The van der Waals surface area contributed by atoms with E-state index in [9.17, 15) is 4.79 Å². The van der Waals surface area contributed by atoms with Gasteiger partial charge in [-0.15, -0.1) is 0 Å². The number of anilines is 1. The van der Waals surface area contributed by atoms with Crippen LogP contribution in [-0.4, -0.2) is 33.9 Å². The maximum absolute atomic E-state index is 12.3. The summed E-state index contributed by atoms with van der Waals surface area (Å²) in [7, 11) is 1.87. The molecule has 136 valence electrons. The predicted octanol–water partition coefficient (Wildman–Crippen LogP) is 3.25. The lowest BCUT2D eigenvalue weighted by Crippen LogP contribution is -2.24. The highest BCUT2D eigenvalue weighted by atomic mass is 16.5. The summed E-state index contributed by atoms with van der Waals surface area (Å²) < 4.78 is 6.96. The number of carbonyl (C=O) groups is 1. The number of rotatable bonds is 5. The van der Waals surface area contributed by atoms with E-state index in [-0.39, 0.29) is 5.91 Å². The zero-order chi connectivity index (χ0) is 18.6. The van der Waals surface area contributed by atoms with Crippen molar-refractivity contribution in [2.45, 2.75) is 5.92 Å². The van der Waals surface area contributed by atoms with Gasteiger partial charge in [0.15, 0.2) is 0 Å². The molecule has 27 heavy (non-hydrogen) atoms. The maximum atomic E-state index is 12.3. The third-order valence-corrected chi connectivity index (χ3v) is 4.57. The van der Waals surface area contributed by atoms with Gasteiger partial charge in [-0.05, 0) is 35.4 Å². The smallest absolute Gasteiger partial charge is 0.248 e. The summed E-state index contributed by atoms with van der Waals surface area (Å²) in [6.07, 6.45) is 10.5. The number of benzene rings is 1. The lowest BCUT2D eigenvalue weighted by molar-refractivity contribution is -0.111. The largest absolute Gasteiger partial charge is 0.380 e. The number of pyridine rings is 1. The van der Waals surface area contributed by atoms with Crippen molar-refractivity contribution >= 4 is 17.7 Å². The average molecular weight is 360 g/mol. The second kappa shape index (κ2) is 7.55. The summed E-state index contributed by atoms with van der Waals surface area (Å²) in [5, 5.41) is 7.08. The van der Waals surface area contributed by atoms with E-state index < -0.39 is 0 Å². The molecule has 1 N–H and O–H groups in total. The van der Waals surface area contributed by atoms with Gasteiger partial charge >= 0.3 is 0 Å². The minimum absolute atomic E-state index is 0.185. The fourth-order valence-corrected chi connectivity index (χ4v) is 2.98. The number of hydrogen-bond donors (Lipinski definition) is 1. The topological polar surface area (TPSA) is 69.0 Å². The summed E-state index contributed by atoms with van der Waals surface area (Å²) in [4.78, 5) is 16.4. The van der Waals surface area contributed by atoms with Gasteiger partial charge in [-0.3, -0.25) is 14.5 Å². The molecule has 3 aromatic rings. The van der Waals surface area contributed by atoms with E-state index >= 15 is 0 Å². The monoisotopic (exact) mass is 360 g/mol. The normalized spacial score (nSPS) is 14.3. The molecule has 4 rings (SSSR count). The van der Waals surface area contributed by atoms with Gasteiger partial charge in [-0.25, -0.2) is 0 Å². The highest BCUT2D eigenvalue weighted by Gasteiger charge is 2.19. The van der Waals surface area contributed by atoms with Gasteiger partial charge in [0, 0.05) is 54.4 Å². The number of carbonyl (C=O) groups excluding carboxylic acids is 1. The van der Waals surface area contributed by atoms with Crippen molar-refractivity contribution in [3.05, 3.63) is 72.3 Å². The predicted molar refractivity (Wildman–Crippen MR) is 104 cm³/mol. The molecular formula is C21H20N4O2. The molecule has 0 aliphatic carbocycles. The van der Waals surface area contributed by atoms with Gasteiger partial charge in [0.05, 0.1) is 19.4 Å². The van der Waals surface area contributed by atoms with E-state index in [1.54, 1.807) is 29.3 Å². The Kier molecular flexibility index (Phi) is 4.80. The van der Waals surface area contributed by atoms with Gasteiger partial charge < -0.3 is 10.1 Å². The quantitative estimate of drug-likeness (QED) is 0.709. The van der Waals surface area contributed by atoms with Crippen LogP contribution in [0.2, 0.25) is 0 Å². The average Bonchev–Trinajstić information content (AvgIpc) is 3.07. The highest BCUT2D eigenvalue weighted by molar-refractivity contribution is 6.02. The van der Waals surface area contributed by atoms with E-state index in [1.807, 2.05) is 43.6 Å². The molecule has 1 aliphatic rings. The van der Waals surface area contributed by atoms with Crippen molar-refractivity contribution in [3.63, 3.8) is 0 Å². The Bertz CT molecular complexity index is 972. The third-order valence-electron chi connectivity index (χ3n) is 4.57. The molecule has 1 fully saturated rings. The van der Waals surface area contributed by atoms with Crippen LogP contribution in [0.25, 0.3) is 17.2 Å². The first-order valence-corrected chi connectivity index (χ1v) is 8.79. The van der Waals surface area contributed by atoms with Gasteiger partial charge in [0.1, 0.15) is 0 Å². The number of nitrogens with one attached hydrogen (secondary N) is 1. The van der Waals surface area contributed by atoms with E-state index in [0.29, 0.717) is 5.92 Å². The summed E-state index contributed by atoms with van der Waals surface area (Å²) in [5.74, 6) is 0.293. The summed E-state index contributed by atoms with van der Waals surface area (Å²) >= 11 is 0. The minimum atomic E-state index is -0.185. The number of aromatic nitrogens is 3. The number of aryl methyl sites for hydroxylation is 1. The van der Waals surface area contributed by atoms with Crippen LogP contribution in [0.1, 0.15) is 17.0 Å². The van der Waals surface area contributed by atoms with E-state index in [2.05, 4.69) is 15.4 Å². The summed E-state index contributed by atoms with van der Waals surface area (Å²) in [6.45, 7) is 1.55. The number of amides is 1. The standard InChI is InChI=1S/C21H20N4O2/c1-25-12-17(11-23-25)20-8-9-22-10-16(20)4-7-21(26)24-19-5-2-15(3-6-19)18-13-27-14-18/h2-12,18H,13-14H2,1H3,(H,24,26). The second-order valence-corrected chi connectivity index (χ2v) is 6.54. The van der Waals surface area contributed by atoms with Crippen LogP contribution < -0.4 is 5.32 Å². The van der Waals surface area contributed by atoms with E-state index in [1.165, 1.54) is 11.6 Å². The molecule has 1 amide bonds. The van der Waals surface area contributed by atoms with Crippen molar-refractivity contribution in [3.8, 4) is 11.1 Å². The van der Waals surface area contributed by atoms with Gasteiger partial charge in [-0.1, -0.05) is 12.1 Å². The second-order valence-electron chi connectivity index (χ2n) is 6.54. The number of ether oxygens (including phenoxy) is 1. The first-order valence-electron chi connectivity index (χ1n) is 8.79. The minimum Gasteiger partial charge on any atom is -0.380 e.